The van der Waals surface area contributed by atoms with Gasteiger partial charge >= 0.3 is 0 Å². The highest BCUT2D eigenvalue weighted by molar-refractivity contribution is 6.32. The Kier molecular flexibility index (Phi) is 4.04. The third-order valence-corrected chi connectivity index (χ3v) is 2.93. The first-order chi connectivity index (χ1) is 9.88. The van der Waals surface area contributed by atoms with Gasteiger partial charge in [-0.1, -0.05) is 11.6 Å². The van der Waals surface area contributed by atoms with Crippen LogP contribution in [0, 0.1) is 22.4 Å². The van der Waals surface area contributed by atoms with Gasteiger partial charge in [0.05, 0.1) is 21.6 Å². The van der Waals surface area contributed by atoms with Gasteiger partial charge in [-0.3, -0.25) is 15.5 Å². The molecule has 0 spiro atoms. The topological polar surface area (TPSA) is 115 Å². The Morgan fingerprint density at radius 2 is 2.14 bits per heavy atom. The van der Waals surface area contributed by atoms with Crippen LogP contribution in [0.5, 0.6) is 11.6 Å². The zero-order chi connectivity index (χ0) is 15.6. The van der Waals surface area contributed by atoms with E-state index in [0.717, 1.165) is 0 Å². The molecule has 0 radical (unpaired) electrons. The first kappa shape index (κ1) is 14.7. The molecule has 1 aromatic heterocycles. The van der Waals surface area contributed by atoms with E-state index in [-0.39, 0.29) is 33.7 Å². The lowest BCUT2D eigenvalue weighted by Crippen LogP contribution is -2.13. The van der Waals surface area contributed by atoms with E-state index >= 15 is 0 Å². The largest absolute Gasteiger partial charge is 0.436 e. The minimum absolute atomic E-state index is 0.0740. The van der Waals surface area contributed by atoms with Crippen molar-refractivity contribution in [3.63, 3.8) is 0 Å². The molecule has 0 saturated heterocycles. The molecule has 8 heteroatoms. The van der Waals surface area contributed by atoms with Crippen molar-refractivity contribution in [2.24, 2.45) is 5.73 Å². The molecule has 0 saturated carbocycles. The maximum atomic E-state index is 10.8. The Morgan fingerprint density at radius 1 is 1.43 bits per heavy atom. The lowest BCUT2D eigenvalue weighted by Gasteiger charge is -2.11. The highest BCUT2D eigenvalue weighted by atomic mass is 35.5. The summed E-state index contributed by atoms with van der Waals surface area (Å²) in [7, 11) is 0. The van der Waals surface area contributed by atoms with Gasteiger partial charge in [-0.2, -0.15) is 0 Å². The molecule has 0 atom stereocenters. The number of nitrogens with zero attached hydrogens (tertiary/aromatic N) is 2. The molecule has 0 fully saturated rings. The summed E-state index contributed by atoms with van der Waals surface area (Å²) in [5.74, 6) is -0.0737. The number of aryl methyl sites for hydroxylation is 1. The summed E-state index contributed by atoms with van der Waals surface area (Å²) in [5, 5.41) is 18.5. The fraction of sp³-hybridized carbons (Fsp3) is 0.0769. The molecule has 1 aromatic carbocycles. The minimum Gasteiger partial charge on any atom is -0.436 e. The van der Waals surface area contributed by atoms with Gasteiger partial charge in [-0.25, -0.2) is 4.98 Å². The number of pyridine rings is 1. The van der Waals surface area contributed by atoms with Gasteiger partial charge in [-0.15, -0.1) is 0 Å². The summed E-state index contributed by atoms with van der Waals surface area (Å²) < 4.78 is 5.50. The number of nitrogens with one attached hydrogen (secondary N) is 1. The second-order valence-electron chi connectivity index (χ2n) is 4.19. The van der Waals surface area contributed by atoms with Gasteiger partial charge in [0.25, 0.3) is 5.69 Å². The summed E-state index contributed by atoms with van der Waals surface area (Å²) in [6.07, 6.45) is 0. The third-order valence-electron chi connectivity index (χ3n) is 2.62. The number of ether oxygens (including phenoxy) is 1. The fourth-order valence-corrected chi connectivity index (χ4v) is 1.76. The van der Waals surface area contributed by atoms with Crippen LogP contribution >= 0.6 is 11.6 Å². The number of nitro benzene ring substituents is 1. The fourth-order valence-electron chi connectivity index (χ4n) is 1.60. The lowest BCUT2D eigenvalue weighted by atomic mass is 10.2. The van der Waals surface area contributed by atoms with E-state index in [1.807, 2.05) is 0 Å². The number of hydrogen-bond acceptors (Lipinski definition) is 5. The number of amidine groups is 1. The number of nitrogen functional groups attached to an aromatic ring is 1. The van der Waals surface area contributed by atoms with Gasteiger partial charge in [0, 0.05) is 11.8 Å². The first-order valence-electron chi connectivity index (χ1n) is 5.82. The molecule has 0 bridgehead atoms. The highest BCUT2D eigenvalue weighted by Gasteiger charge is 2.15. The van der Waals surface area contributed by atoms with E-state index in [1.165, 1.54) is 18.2 Å². The van der Waals surface area contributed by atoms with Crippen molar-refractivity contribution >= 4 is 23.1 Å². The van der Waals surface area contributed by atoms with Crippen LogP contribution < -0.4 is 10.5 Å². The molecular formula is C13H11ClN4O3. The van der Waals surface area contributed by atoms with Crippen LogP contribution in [0.4, 0.5) is 5.69 Å². The van der Waals surface area contributed by atoms with Gasteiger partial charge < -0.3 is 10.5 Å². The standard InChI is InChI=1S/C13H11ClN4O3/c1-7-2-4-9(12(15)16)13(17-7)21-11-6-8(18(19)20)3-5-10(11)14/h2-6H,1H3,(H3,15,16). The van der Waals surface area contributed by atoms with Gasteiger partial charge in [0.15, 0.2) is 5.75 Å². The van der Waals surface area contributed by atoms with E-state index in [4.69, 9.17) is 27.5 Å². The average molecular weight is 307 g/mol. The molecule has 2 aromatic rings. The van der Waals surface area contributed by atoms with E-state index in [2.05, 4.69) is 4.98 Å². The minimum atomic E-state index is -0.557. The predicted octanol–water partition coefficient (Wildman–Crippen LogP) is 3.03. The number of hydrogen-bond donors (Lipinski definition) is 2. The van der Waals surface area contributed by atoms with Gasteiger partial charge in [0.2, 0.25) is 5.88 Å². The predicted molar refractivity (Wildman–Crippen MR) is 78.2 cm³/mol. The Bertz CT molecular complexity index is 733. The molecule has 1 heterocycles. The van der Waals surface area contributed by atoms with Crippen molar-refractivity contribution in [1.29, 1.82) is 5.41 Å². The van der Waals surface area contributed by atoms with Crippen molar-refractivity contribution in [1.82, 2.24) is 4.98 Å². The smallest absolute Gasteiger partial charge is 0.273 e. The van der Waals surface area contributed by atoms with Crippen molar-refractivity contribution < 1.29 is 9.66 Å². The molecule has 3 N–H and O–H groups in total. The highest BCUT2D eigenvalue weighted by Crippen LogP contribution is 2.33. The number of benzene rings is 1. The van der Waals surface area contributed by atoms with Crippen molar-refractivity contribution in [3.8, 4) is 11.6 Å². The van der Waals surface area contributed by atoms with Crippen LogP contribution in [0.15, 0.2) is 30.3 Å². The van der Waals surface area contributed by atoms with E-state index < -0.39 is 4.92 Å². The Labute approximate surface area is 125 Å². The second kappa shape index (κ2) is 5.76. The van der Waals surface area contributed by atoms with Crippen LogP contribution in [-0.4, -0.2) is 15.7 Å². The zero-order valence-electron chi connectivity index (χ0n) is 11.0. The van der Waals surface area contributed by atoms with E-state index in [1.54, 1.807) is 19.1 Å². The molecule has 108 valence electrons. The number of aromatic nitrogens is 1. The van der Waals surface area contributed by atoms with Crippen LogP contribution in [0.2, 0.25) is 5.02 Å². The molecule has 2 rings (SSSR count). The maximum absolute atomic E-state index is 10.8. The zero-order valence-corrected chi connectivity index (χ0v) is 11.7. The number of rotatable bonds is 4. The van der Waals surface area contributed by atoms with Crippen molar-refractivity contribution in [3.05, 3.63) is 56.7 Å². The Morgan fingerprint density at radius 3 is 2.76 bits per heavy atom. The molecule has 0 aliphatic heterocycles. The lowest BCUT2D eigenvalue weighted by molar-refractivity contribution is -0.384. The molecule has 0 aliphatic rings. The summed E-state index contributed by atoms with van der Waals surface area (Å²) in [4.78, 5) is 14.4. The van der Waals surface area contributed by atoms with Crippen molar-refractivity contribution in [2.45, 2.75) is 6.92 Å². The van der Waals surface area contributed by atoms with Gasteiger partial charge in [0.1, 0.15) is 5.84 Å². The quantitative estimate of drug-likeness (QED) is 0.390. The SMILES string of the molecule is Cc1ccc(C(=N)N)c(Oc2cc([N+](=O)[O-])ccc2Cl)n1. The number of nitrogens with two attached hydrogens (primary N) is 1. The maximum Gasteiger partial charge on any atom is 0.273 e. The molecule has 21 heavy (non-hydrogen) atoms. The first-order valence-corrected chi connectivity index (χ1v) is 6.20. The second-order valence-corrected chi connectivity index (χ2v) is 4.60. The number of halogens is 1. The summed E-state index contributed by atoms with van der Waals surface area (Å²) in [6.45, 7) is 1.74. The van der Waals surface area contributed by atoms with Crippen LogP contribution in [0.1, 0.15) is 11.3 Å². The normalized spacial score (nSPS) is 10.2. The van der Waals surface area contributed by atoms with Crippen LogP contribution in [0.3, 0.4) is 0 Å². The monoisotopic (exact) mass is 306 g/mol. The summed E-state index contributed by atoms with van der Waals surface area (Å²) >= 11 is 5.96. The molecule has 0 unspecified atom stereocenters. The Balaban J connectivity index is 2.47. The summed E-state index contributed by atoms with van der Waals surface area (Å²) in [5.41, 5.74) is 6.23. The Hall–Kier alpha value is -2.67. The third kappa shape index (κ3) is 3.26. The molecule has 0 amide bonds. The van der Waals surface area contributed by atoms with E-state index in [0.29, 0.717) is 5.69 Å². The molecule has 7 nitrogen and oxygen atoms in total. The summed E-state index contributed by atoms with van der Waals surface area (Å²) in [6, 6.07) is 7.09. The molecular weight excluding hydrogens is 296 g/mol. The molecule has 0 aliphatic carbocycles. The van der Waals surface area contributed by atoms with Gasteiger partial charge in [-0.05, 0) is 25.1 Å². The van der Waals surface area contributed by atoms with Crippen LogP contribution in [-0.2, 0) is 0 Å². The average Bonchev–Trinajstić information content (AvgIpc) is 2.40. The number of non-ortho nitro benzene ring substituents is 1. The van der Waals surface area contributed by atoms with Crippen LogP contribution in [0.25, 0.3) is 0 Å². The number of nitro groups is 1. The van der Waals surface area contributed by atoms with Crippen molar-refractivity contribution in [2.75, 3.05) is 0 Å². The van der Waals surface area contributed by atoms with E-state index in [9.17, 15) is 10.1 Å².